The minimum Gasteiger partial charge on any atom is -0.348 e. The van der Waals surface area contributed by atoms with Crippen molar-refractivity contribution < 1.29 is 4.79 Å². The Balaban J connectivity index is 2.73. The highest BCUT2D eigenvalue weighted by Gasteiger charge is 2.26. The van der Waals surface area contributed by atoms with Gasteiger partial charge in [0.2, 0.25) is 5.91 Å². The smallest absolute Gasteiger partial charge is 0.240 e. The second-order valence-electron chi connectivity index (χ2n) is 4.63. The molecule has 4 heteroatoms. The number of rotatable bonds is 4. The van der Waals surface area contributed by atoms with E-state index in [4.69, 9.17) is 0 Å². The summed E-state index contributed by atoms with van der Waals surface area (Å²) in [6.07, 6.45) is 0. The number of hydrogen-bond donors (Lipinski definition) is 2. The molecule has 0 heterocycles. The van der Waals surface area contributed by atoms with Gasteiger partial charge in [0, 0.05) is 4.47 Å². The standard InChI is InChI=1S/C13H19BrN2O/c1-9(10-6-5-7-11(14)8-10)16-12(17)13(2,3)15-4/h5-9,15H,1-4H3,(H,16,17). The first-order valence-electron chi connectivity index (χ1n) is 5.62. The highest BCUT2D eigenvalue weighted by Crippen LogP contribution is 2.18. The van der Waals surface area contributed by atoms with Gasteiger partial charge in [-0.05, 0) is 45.5 Å². The van der Waals surface area contributed by atoms with E-state index >= 15 is 0 Å². The molecule has 0 spiro atoms. The highest BCUT2D eigenvalue weighted by atomic mass is 79.9. The molecule has 1 aromatic carbocycles. The van der Waals surface area contributed by atoms with Gasteiger partial charge in [-0.2, -0.15) is 0 Å². The minimum absolute atomic E-state index is 0.00683. The van der Waals surface area contributed by atoms with Gasteiger partial charge in [-0.3, -0.25) is 4.79 Å². The molecular formula is C13H19BrN2O. The van der Waals surface area contributed by atoms with E-state index < -0.39 is 5.54 Å². The van der Waals surface area contributed by atoms with Gasteiger partial charge in [0.25, 0.3) is 0 Å². The van der Waals surface area contributed by atoms with E-state index in [-0.39, 0.29) is 11.9 Å². The predicted molar refractivity (Wildman–Crippen MR) is 73.8 cm³/mol. The largest absolute Gasteiger partial charge is 0.348 e. The quantitative estimate of drug-likeness (QED) is 0.897. The van der Waals surface area contributed by atoms with Crippen molar-refractivity contribution in [1.29, 1.82) is 0 Å². The van der Waals surface area contributed by atoms with E-state index in [0.717, 1.165) is 10.0 Å². The molecule has 0 fully saturated rings. The second-order valence-corrected chi connectivity index (χ2v) is 5.54. The second kappa shape index (κ2) is 5.65. The van der Waals surface area contributed by atoms with Crippen molar-refractivity contribution in [2.24, 2.45) is 0 Å². The van der Waals surface area contributed by atoms with Crippen LogP contribution in [-0.2, 0) is 4.79 Å². The first-order chi connectivity index (χ1) is 7.86. The van der Waals surface area contributed by atoms with Crippen LogP contribution in [0.25, 0.3) is 0 Å². The van der Waals surface area contributed by atoms with Gasteiger partial charge in [-0.15, -0.1) is 0 Å². The van der Waals surface area contributed by atoms with Crippen molar-refractivity contribution >= 4 is 21.8 Å². The van der Waals surface area contributed by atoms with E-state index in [9.17, 15) is 4.79 Å². The van der Waals surface area contributed by atoms with E-state index in [0.29, 0.717) is 0 Å². The zero-order valence-electron chi connectivity index (χ0n) is 10.7. The molecule has 1 rings (SSSR count). The first kappa shape index (κ1) is 14.2. The summed E-state index contributed by atoms with van der Waals surface area (Å²) in [5.41, 5.74) is 0.528. The summed E-state index contributed by atoms with van der Waals surface area (Å²) < 4.78 is 1.02. The Morgan fingerprint density at radius 1 is 1.41 bits per heavy atom. The van der Waals surface area contributed by atoms with Gasteiger partial charge in [0.05, 0.1) is 11.6 Å². The summed E-state index contributed by atoms with van der Waals surface area (Å²) in [4.78, 5) is 12.0. The predicted octanol–water partition coefficient (Wildman–Crippen LogP) is 2.62. The molecule has 17 heavy (non-hydrogen) atoms. The van der Waals surface area contributed by atoms with Crippen LogP contribution in [-0.4, -0.2) is 18.5 Å². The molecule has 3 nitrogen and oxygen atoms in total. The number of hydrogen-bond acceptors (Lipinski definition) is 2. The fourth-order valence-corrected chi connectivity index (χ4v) is 1.77. The monoisotopic (exact) mass is 298 g/mol. The maximum absolute atomic E-state index is 12.0. The number of nitrogens with one attached hydrogen (secondary N) is 2. The van der Waals surface area contributed by atoms with Crippen LogP contribution in [0.4, 0.5) is 0 Å². The summed E-state index contributed by atoms with van der Waals surface area (Å²) >= 11 is 3.42. The Bertz CT molecular complexity index is 404. The molecule has 1 unspecified atom stereocenters. The zero-order valence-corrected chi connectivity index (χ0v) is 12.3. The van der Waals surface area contributed by atoms with Gasteiger partial charge in [0.1, 0.15) is 0 Å². The molecule has 0 aliphatic carbocycles. The van der Waals surface area contributed by atoms with Gasteiger partial charge in [0.15, 0.2) is 0 Å². The lowest BCUT2D eigenvalue weighted by Crippen LogP contribution is -2.51. The Hall–Kier alpha value is -0.870. The number of amides is 1. The normalized spacial score (nSPS) is 13.2. The van der Waals surface area contributed by atoms with Crippen LogP contribution in [0.1, 0.15) is 32.4 Å². The van der Waals surface area contributed by atoms with Crippen LogP contribution in [0.5, 0.6) is 0 Å². The lowest BCUT2D eigenvalue weighted by molar-refractivity contribution is -0.126. The molecule has 0 radical (unpaired) electrons. The van der Waals surface area contributed by atoms with Crippen LogP contribution in [0.15, 0.2) is 28.7 Å². The SMILES string of the molecule is CNC(C)(C)C(=O)NC(C)c1cccc(Br)c1. The minimum atomic E-state index is -0.555. The zero-order chi connectivity index (χ0) is 13.1. The summed E-state index contributed by atoms with van der Waals surface area (Å²) in [5.74, 6) is -0.00697. The Kier molecular flexibility index (Phi) is 4.71. The molecule has 0 saturated heterocycles. The Morgan fingerprint density at radius 3 is 2.59 bits per heavy atom. The Labute approximate surface area is 111 Å². The van der Waals surface area contributed by atoms with Gasteiger partial charge in [-0.1, -0.05) is 28.1 Å². The first-order valence-corrected chi connectivity index (χ1v) is 6.41. The number of carbonyl (C=O) groups excluding carboxylic acids is 1. The molecule has 1 aromatic rings. The third-order valence-electron chi connectivity index (χ3n) is 2.89. The van der Waals surface area contributed by atoms with Gasteiger partial charge < -0.3 is 10.6 Å². The van der Waals surface area contributed by atoms with E-state index in [1.165, 1.54) is 0 Å². The highest BCUT2D eigenvalue weighted by molar-refractivity contribution is 9.10. The van der Waals surface area contributed by atoms with E-state index in [1.807, 2.05) is 45.0 Å². The van der Waals surface area contributed by atoms with Crippen LogP contribution in [0, 0.1) is 0 Å². The maximum atomic E-state index is 12.0. The van der Waals surface area contributed by atoms with Crippen molar-refractivity contribution in [2.45, 2.75) is 32.4 Å². The molecule has 0 aromatic heterocycles. The third-order valence-corrected chi connectivity index (χ3v) is 3.38. The van der Waals surface area contributed by atoms with Gasteiger partial charge >= 0.3 is 0 Å². The van der Waals surface area contributed by atoms with Crippen molar-refractivity contribution in [2.75, 3.05) is 7.05 Å². The molecule has 0 saturated carbocycles. The number of halogens is 1. The number of carbonyl (C=O) groups is 1. The van der Waals surface area contributed by atoms with Crippen LogP contribution >= 0.6 is 15.9 Å². The average Bonchev–Trinajstić information content (AvgIpc) is 2.28. The van der Waals surface area contributed by atoms with Crippen LogP contribution in [0.2, 0.25) is 0 Å². The third kappa shape index (κ3) is 3.82. The summed E-state index contributed by atoms with van der Waals surface area (Å²) in [6, 6.07) is 7.94. The average molecular weight is 299 g/mol. The molecule has 1 atom stereocenters. The topological polar surface area (TPSA) is 41.1 Å². The molecular weight excluding hydrogens is 280 g/mol. The fourth-order valence-electron chi connectivity index (χ4n) is 1.35. The molecule has 94 valence electrons. The summed E-state index contributed by atoms with van der Waals surface area (Å²) in [6.45, 7) is 5.69. The van der Waals surface area contributed by atoms with Crippen LogP contribution in [0.3, 0.4) is 0 Å². The summed E-state index contributed by atoms with van der Waals surface area (Å²) in [7, 11) is 1.78. The van der Waals surface area contributed by atoms with E-state index in [1.54, 1.807) is 7.05 Å². The summed E-state index contributed by atoms with van der Waals surface area (Å²) in [5, 5.41) is 5.98. The maximum Gasteiger partial charge on any atom is 0.240 e. The molecule has 1 amide bonds. The molecule has 0 aliphatic heterocycles. The molecule has 2 N–H and O–H groups in total. The van der Waals surface area contributed by atoms with Crippen molar-refractivity contribution in [3.05, 3.63) is 34.3 Å². The van der Waals surface area contributed by atoms with Crippen molar-refractivity contribution in [3.63, 3.8) is 0 Å². The van der Waals surface area contributed by atoms with Crippen molar-refractivity contribution in [1.82, 2.24) is 10.6 Å². The lowest BCUT2D eigenvalue weighted by Gasteiger charge is -2.25. The Morgan fingerprint density at radius 2 is 2.06 bits per heavy atom. The molecule has 0 aliphatic rings. The number of benzene rings is 1. The van der Waals surface area contributed by atoms with E-state index in [2.05, 4.69) is 26.6 Å². The van der Waals surface area contributed by atoms with Crippen LogP contribution < -0.4 is 10.6 Å². The van der Waals surface area contributed by atoms with Crippen molar-refractivity contribution in [3.8, 4) is 0 Å². The fraction of sp³-hybridized carbons (Fsp3) is 0.462. The molecule has 0 bridgehead atoms. The van der Waals surface area contributed by atoms with Gasteiger partial charge in [-0.25, -0.2) is 0 Å². The number of likely N-dealkylation sites (N-methyl/N-ethyl adjacent to an activating group) is 1. The lowest BCUT2D eigenvalue weighted by atomic mass is 10.0.